The van der Waals surface area contributed by atoms with Crippen molar-refractivity contribution in [1.82, 2.24) is 4.72 Å². The Kier molecular flexibility index (Phi) is 5.10. The largest absolute Gasteiger partial charge is 0.326 e. The fourth-order valence-corrected chi connectivity index (χ4v) is 4.53. The Bertz CT molecular complexity index is 700. The van der Waals surface area contributed by atoms with E-state index in [4.69, 9.17) is 5.73 Å². The molecule has 0 aliphatic rings. The summed E-state index contributed by atoms with van der Waals surface area (Å²) in [6, 6.07) is 7.02. The second-order valence-electron chi connectivity index (χ2n) is 4.55. The number of rotatable bonds is 6. The Hall–Kier alpha value is -1.28. The number of thiophene rings is 1. The quantitative estimate of drug-likeness (QED) is 0.856. The molecule has 0 radical (unpaired) electrons. The molecule has 114 valence electrons. The Morgan fingerprint density at radius 3 is 2.71 bits per heavy atom. The van der Waals surface area contributed by atoms with Crippen molar-refractivity contribution in [2.45, 2.75) is 30.8 Å². The summed E-state index contributed by atoms with van der Waals surface area (Å²) in [5.41, 5.74) is 5.94. The van der Waals surface area contributed by atoms with Crippen LogP contribution < -0.4 is 10.5 Å². The monoisotopic (exact) mass is 328 g/mol. The van der Waals surface area contributed by atoms with Gasteiger partial charge in [-0.25, -0.2) is 17.5 Å². The Balaban J connectivity index is 2.36. The standard InChI is InChI=1S/C14H17FN2O2S2/c1-2-12(13-4-3-7-20-13)17-21(18,19)14-8-11(15)6-5-10(14)9-16/h3-8,12,17H,2,9,16H2,1H3. The molecule has 0 aliphatic heterocycles. The van der Waals surface area contributed by atoms with E-state index in [1.165, 1.54) is 23.5 Å². The molecule has 0 saturated carbocycles. The van der Waals surface area contributed by atoms with Crippen molar-refractivity contribution >= 4 is 21.4 Å². The molecule has 0 amide bonds. The summed E-state index contributed by atoms with van der Waals surface area (Å²) in [6.07, 6.45) is 0.604. The second kappa shape index (κ2) is 6.65. The molecular formula is C14H17FN2O2S2. The van der Waals surface area contributed by atoms with E-state index in [1.54, 1.807) is 0 Å². The van der Waals surface area contributed by atoms with E-state index in [9.17, 15) is 12.8 Å². The summed E-state index contributed by atoms with van der Waals surface area (Å²) >= 11 is 1.48. The van der Waals surface area contributed by atoms with Gasteiger partial charge in [0, 0.05) is 11.4 Å². The highest BCUT2D eigenvalue weighted by molar-refractivity contribution is 7.89. The minimum absolute atomic E-state index is 0.0340. The zero-order chi connectivity index (χ0) is 15.5. The van der Waals surface area contributed by atoms with Crippen LogP contribution in [0.4, 0.5) is 4.39 Å². The highest BCUT2D eigenvalue weighted by Gasteiger charge is 2.23. The third kappa shape index (κ3) is 3.68. The minimum atomic E-state index is -3.83. The molecule has 0 aliphatic carbocycles. The molecule has 0 spiro atoms. The van der Waals surface area contributed by atoms with Crippen LogP contribution in [0.5, 0.6) is 0 Å². The lowest BCUT2D eigenvalue weighted by atomic mass is 10.2. The van der Waals surface area contributed by atoms with E-state index in [1.807, 2.05) is 24.4 Å². The van der Waals surface area contributed by atoms with Gasteiger partial charge >= 0.3 is 0 Å². The molecule has 4 nitrogen and oxygen atoms in total. The molecule has 3 N–H and O–H groups in total. The average Bonchev–Trinajstić information content (AvgIpc) is 2.99. The number of nitrogens with one attached hydrogen (secondary N) is 1. The molecular weight excluding hydrogens is 311 g/mol. The molecule has 0 bridgehead atoms. The molecule has 1 heterocycles. The highest BCUT2D eigenvalue weighted by Crippen LogP contribution is 2.25. The molecule has 7 heteroatoms. The molecule has 1 unspecified atom stereocenters. The van der Waals surface area contributed by atoms with Crippen LogP contribution in [0.2, 0.25) is 0 Å². The van der Waals surface area contributed by atoms with Gasteiger partial charge in [0.2, 0.25) is 10.0 Å². The first kappa shape index (κ1) is 16.1. The smallest absolute Gasteiger partial charge is 0.241 e. The van der Waals surface area contributed by atoms with Gasteiger partial charge in [-0.2, -0.15) is 0 Å². The van der Waals surface area contributed by atoms with Crippen molar-refractivity contribution in [2.24, 2.45) is 5.73 Å². The summed E-state index contributed by atoms with van der Waals surface area (Å²) in [5.74, 6) is -0.600. The SMILES string of the molecule is CCC(NS(=O)(=O)c1cc(F)ccc1CN)c1cccs1. The molecule has 0 fully saturated rings. The number of hydrogen-bond donors (Lipinski definition) is 2. The van der Waals surface area contributed by atoms with E-state index in [2.05, 4.69) is 4.72 Å². The summed E-state index contributed by atoms with van der Waals surface area (Å²) in [7, 11) is -3.83. The number of nitrogens with two attached hydrogens (primary N) is 1. The lowest BCUT2D eigenvalue weighted by molar-refractivity contribution is 0.549. The fourth-order valence-electron chi connectivity index (χ4n) is 2.03. The predicted octanol–water partition coefficient (Wildman–Crippen LogP) is 2.78. The van der Waals surface area contributed by atoms with Gasteiger partial charge in [-0.15, -0.1) is 11.3 Å². The van der Waals surface area contributed by atoms with Crippen LogP contribution >= 0.6 is 11.3 Å². The maximum atomic E-state index is 13.4. The number of hydrogen-bond acceptors (Lipinski definition) is 4. The van der Waals surface area contributed by atoms with Crippen molar-refractivity contribution in [3.05, 3.63) is 52.0 Å². The molecule has 1 aromatic heterocycles. The van der Waals surface area contributed by atoms with Gasteiger partial charge < -0.3 is 5.73 Å². The number of sulfonamides is 1. The molecule has 1 aromatic carbocycles. The summed E-state index contributed by atoms with van der Waals surface area (Å²) in [4.78, 5) is 0.826. The van der Waals surface area contributed by atoms with Gasteiger partial charge in [-0.1, -0.05) is 19.1 Å². The van der Waals surface area contributed by atoms with Crippen LogP contribution in [0.3, 0.4) is 0 Å². The second-order valence-corrected chi connectivity index (χ2v) is 7.22. The summed E-state index contributed by atoms with van der Waals surface area (Å²) in [5, 5.41) is 1.89. The Morgan fingerprint density at radius 2 is 2.14 bits per heavy atom. The molecule has 2 rings (SSSR count). The highest BCUT2D eigenvalue weighted by atomic mass is 32.2. The van der Waals surface area contributed by atoms with Crippen LogP contribution in [-0.2, 0) is 16.6 Å². The molecule has 1 atom stereocenters. The van der Waals surface area contributed by atoms with Crippen molar-refractivity contribution in [2.75, 3.05) is 0 Å². The van der Waals surface area contributed by atoms with Crippen LogP contribution in [-0.4, -0.2) is 8.42 Å². The lowest BCUT2D eigenvalue weighted by Crippen LogP contribution is -2.29. The third-order valence-corrected chi connectivity index (χ3v) is 5.67. The van der Waals surface area contributed by atoms with Gasteiger partial charge in [0.15, 0.2) is 0 Å². The molecule has 0 saturated heterocycles. The van der Waals surface area contributed by atoms with Crippen molar-refractivity contribution in [3.63, 3.8) is 0 Å². The topological polar surface area (TPSA) is 72.2 Å². The van der Waals surface area contributed by atoms with E-state index in [0.717, 1.165) is 10.9 Å². The van der Waals surface area contributed by atoms with E-state index in [-0.39, 0.29) is 17.5 Å². The van der Waals surface area contributed by atoms with Gasteiger partial charge in [0.05, 0.1) is 10.9 Å². The zero-order valence-corrected chi connectivity index (χ0v) is 13.2. The van der Waals surface area contributed by atoms with Crippen molar-refractivity contribution < 1.29 is 12.8 Å². The third-order valence-electron chi connectivity index (χ3n) is 3.13. The Morgan fingerprint density at radius 1 is 1.38 bits per heavy atom. The first-order chi connectivity index (χ1) is 9.97. The van der Waals surface area contributed by atoms with Gasteiger partial charge in [-0.05, 0) is 35.6 Å². The van der Waals surface area contributed by atoms with Crippen LogP contribution in [0, 0.1) is 5.82 Å². The summed E-state index contributed by atoms with van der Waals surface area (Å²) in [6.45, 7) is 1.93. The van der Waals surface area contributed by atoms with E-state index >= 15 is 0 Å². The zero-order valence-electron chi connectivity index (χ0n) is 11.5. The maximum absolute atomic E-state index is 13.4. The van der Waals surface area contributed by atoms with Crippen LogP contribution in [0.1, 0.15) is 29.8 Å². The molecule has 21 heavy (non-hydrogen) atoms. The minimum Gasteiger partial charge on any atom is -0.326 e. The van der Waals surface area contributed by atoms with Crippen molar-refractivity contribution in [1.29, 1.82) is 0 Å². The fraction of sp³-hybridized carbons (Fsp3) is 0.286. The number of benzene rings is 1. The van der Waals surface area contributed by atoms with Gasteiger partial charge in [0.1, 0.15) is 5.82 Å². The van der Waals surface area contributed by atoms with Gasteiger partial charge in [0.25, 0.3) is 0 Å². The number of halogens is 1. The van der Waals surface area contributed by atoms with Gasteiger partial charge in [-0.3, -0.25) is 0 Å². The Labute approximate surface area is 127 Å². The first-order valence-electron chi connectivity index (χ1n) is 6.52. The van der Waals surface area contributed by atoms with E-state index < -0.39 is 15.8 Å². The maximum Gasteiger partial charge on any atom is 0.241 e. The lowest BCUT2D eigenvalue weighted by Gasteiger charge is -2.17. The van der Waals surface area contributed by atoms with E-state index in [0.29, 0.717) is 12.0 Å². The van der Waals surface area contributed by atoms with Crippen LogP contribution in [0.15, 0.2) is 40.6 Å². The molecule has 2 aromatic rings. The predicted molar refractivity (Wildman–Crippen MR) is 82.0 cm³/mol. The average molecular weight is 328 g/mol. The van der Waals surface area contributed by atoms with Crippen molar-refractivity contribution in [3.8, 4) is 0 Å². The summed E-state index contributed by atoms with van der Waals surface area (Å²) < 4.78 is 41.0. The first-order valence-corrected chi connectivity index (χ1v) is 8.88. The normalized spacial score (nSPS) is 13.3. The van der Waals surface area contributed by atoms with Crippen LogP contribution in [0.25, 0.3) is 0 Å².